The molecule has 6 heteroatoms. The highest BCUT2D eigenvalue weighted by Gasteiger charge is 2.12. The van der Waals surface area contributed by atoms with Crippen molar-refractivity contribution in [2.24, 2.45) is 18.0 Å². The minimum atomic E-state index is -0.318. The number of pyridine rings is 1. The number of aromatic nitrogens is 1. The maximum atomic E-state index is 12.9. The number of nitrogens with zero attached hydrogens (tertiary/aromatic N) is 2. The molecular weight excluding hydrogens is 297 g/mol. The van der Waals surface area contributed by atoms with Crippen LogP contribution in [0.1, 0.15) is 16.7 Å². The lowest BCUT2D eigenvalue weighted by Gasteiger charge is -2.13. The normalized spacial score (nSPS) is 11.3. The Hall–Kier alpha value is -2.89. The molecule has 0 amide bonds. The molecule has 0 aliphatic rings. The zero-order chi connectivity index (χ0) is 17.0. The van der Waals surface area contributed by atoms with Crippen LogP contribution in [-0.2, 0) is 18.2 Å². The summed E-state index contributed by atoms with van der Waals surface area (Å²) in [5, 5.41) is 3.60. The molecule has 2 N–H and O–H groups in total. The summed E-state index contributed by atoms with van der Waals surface area (Å²) in [5.41, 5.74) is 1.78. The van der Waals surface area contributed by atoms with Gasteiger partial charge in [0.15, 0.2) is 0 Å². The van der Waals surface area contributed by atoms with Crippen molar-refractivity contribution in [1.82, 2.24) is 4.57 Å². The van der Waals surface area contributed by atoms with Crippen molar-refractivity contribution < 1.29 is 9.13 Å². The Kier molecular flexibility index (Phi) is 4.95. The summed E-state index contributed by atoms with van der Waals surface area (Å²) in [4.78, 5) is 11.9. The van der Waals surface area contributed by atoms with Crippen LogP contribution in [0.2, 0.25) is 0 Å². The second-order valence-electron chi connectivity index (χ2n) is 5.12. The molecule has 1 aromatic heterocycles. The average molecular weight is 315 g/mol. The molecule has 1 aromatic carbocycles. The Morgan fingerprint density at radius 3 is 2.61 bits per heavy atom. The van der Waals surface area contributed by atoms with Crippen molar-refractivity contribution >= 4 is 11.7 Å². The third-order valence-corrected chi connectivity index (χ3v) is 3.46. The zero-order valence-corrected chi connectivity index (χ0v) is 13.0. The molecule has 2 rings (SSSR count). The molecule has 0 saturated carbocycles. The molecule has 120 valence electrons. The molecule has 0 fully saturated rings. The number of ether oxygens (including phenoxy) is 1. The topological polar surface area (TPSA) is 69.6 Å². The fraction of sp³-hybridized carbons (Fsp3) is 0.176. The van der Waals surface area contributed by atoms with Gasteiger partial charge in [-0.2, -0.15) is 0 Å². The highest BCUT2D eigenvalue weighted by atomic mass is 19.1. The molecule has 0 aliphatic heterocycles. The highest BCUT2D eigenvalue weighted by molar-refractivity contribution is 5.84. The second-order valence-corrected chi connectivity index (χ2v) is 5.12. The third kappa shape index (κ3) is 3.85. The van der Waals surface area contributed by atoms with Crippen molar-refractivity contribution in [3.05, 3.63) is 76.0 Å². The monoisotopic (exact) mass is 315 g/mol. The van der Waals surface area contributed by atoms with Gasteiger partial charge in [0.1, 0.15) is 11.6 Å². The molecule has 2 aromatic rings. The first kappa shape index (κ1) is 16.5. The minimum Gasteiger partial charge on any atom is -0.441 e. The molecule has 0 radical (unpaired) electrons. The number of hydrogen-bond donors (Lipinski definition) is 1. The van der Waals surface area contributed by atoms with Gasteiger partial charge in [0.2, 0.25) is 5.90 Å². The lowest BCUT2D eigenvalue weighted by Crippen LogP contribution is -2.20. The van der Waals surface area contributed by atoms with Crippen molar-refractivity contribution in [2.75, 3.05) is 0 Å². The Labute approximate surface area is 133 Å². The van der Waals surface area contributed by atoms with E-state index in [0.717, 1.165) is 5.56 Å². The van der Waals surface area contributed by atoms with Gasteiger partial charge in [-0.25, -0.2) is 4.39 Å². The van der Waals surface area contributed by atoms with Crippen molar-refractivity contribution in [1.29, 1.82) is 0 Å². The first-order chi connectivity index (χ1) is 10.9. The van der Waals surface area contributed by atoms with E-state index >= 15 is 0 Å². The molecule has 5 nitrogen and oxygen atoms in total. The van der Waals surface area contributed by atoms with Crippen LogP contribution in [0.5, 0.6) is 0 Å². The van der Waals surface area contributed by atoms with Crippen LogP contribution in [0.3, 0.4) is 0 Å². The molecule has 0 saturated heterocycles. The van der Waals surface area contributed by atoms with Gasteiger partial charge in [-0.3, -0.25) is 4.79 Å². The highest BCUT2D eigenvalue weighted by Crippen LogP contribution is 2.17. The van der Waals surface area contributed by atoms with Crippen LogP contribution in [0.25, 0.3) is 5.76 Å². The summed E-state index contributed by atoms with van der Waals surface area (Å²) in [5.74, 6) is 5.54. The Morgan fingerprint density at radius 2 is 2.00 bits per heavy atom. The van der Waals surface area contributed by atoms with Gasteiger partial charge in [0, 0.05) is 24.4 Å². The second kappa shape index (κ2) is 6.91. The summed E-state index contributed by atoms with van der Waals surface area (Å²) >= 11 is 0. The number of benzene rings is 1. The van der Waals surface area contributed by atoms with Crippen LogP contribution >= 0.6 is 0 Å². The first-order valence-corrected chi connectivity index (χ1v) is 6.97. The summed E-state index contributed by atoms with van der Waals surface area (Å²) in [6.45, 7) is 5.53. The molecule has 0 atom stereocenters. The standard InChI is InChI=1S/C17H18FN3O2/c1-11-15(8-9-21(3)17(11)22)12(2)23-16(20-19)10-13-4-6-14(18)7-5-13/h4-9H,2,10,19H2,1,3H3/b20-16-. The summed E-state index contributed by atoms with van der Waals surface area (Å²) in [6, 6.07) is 7.68. The molecule has 0 aliphatic carbocycles. The van der Waals surface area contributed by atoms with E-state index in [1.54, 1.807) is 38.4 Å². The van der Waals surface area contributed by atoms with E-state index in [-0.39, 0.29) is 23.0 Å². The quantitative estimate of drug-likeness (QED) is 0.309. The fourth-order valence-electron chi connectivity index (χ4n) is 2.14. The largest absolute Gasteiger partial charge is 0.441 e. The smallest absolute Gasteiger partial charge is 0.253 e. The van der Waals surface area contributed by atoms with Gasteiger partial charge in [-0.15, -0.1) is 5.10 Å². The van der Waals surface area contributed by atoms with E-state index in [1.165, 1.54) is 16.7 Å². The number of aryl methyl sites for hydroxylation is 1. The molecular formula is C17H18FN3O2. The zero-order valence-electron chi connectivity index (χ0n) is 13.0. The molecule has 0 unspecified atom stereocenters. The number of rotatable bonds is 4. The molecule has 23 heavy (non-hydrogen) atoms. The van der Waals surface area contributed by atoms with Gasteiger partial charge < -0.3 is 15.1 Å². The first-order valence-electron chi connectivity index (χ1n) is 6.97. The van der Waals surface area contributed by atoms with Gasteiger partial charge in [-0.05, 0) is 30.7 Å². The lowest BCUT2D eigenvalue weighted by molar-refractivity contribution is 0.493. The number of hydrazone groups is 1. The lowest BCUT2D eigenvalue weighted by atomic mass is 10.1. The Balaban J connectivity index is 2.16. The number of halogens is 1. The van der Waals surface area contributed by atoms with Crippen molar-refractivity contribution in [2.45, 2.75) is 13.3 Å². The van der Waals surface area contributed by atoms with Gasteiger partial charge >= 0.3 is 0 Å². The predicted molar refractivity (Wildman–Crippen MR) is 88.3 cm³/mol. The van der Waals surface area contributed by atoms with E-state index in [0.29, 0.717) is 17.5 Å². The SMILES string of the molecule is C=C(O/C(Cc1ccc(F)cc1)=N\N)c1ccn(C)c(=O)c1C. The summed E-state index contributed by atoms with van der Waals surface area (Å²) in [7, 11) is 1.67. The number of nitrogens with two attached hydrogens (primary N) is 1. The van der Waals surface area contributed by atoms with Crippen LogP contribution in [-0.4, -0.2) is 10.5 Å². The van der Waals surface area contributed by atoms with E-state index < -0.39 is 0 Å². The van der Waals surface area contributed by atoms with Crippen LogP contribution in [0.4, 0.5) is 4.39 Å². The van der Waals surface area contributed by atoms with E-state index in [2.05, 4.69) is 11.7 Å². The van der Waals surface area contributed by atoms with Crippen molar-refractivity contribution in [3.8, 4) is 0 Å². The van der Waals surface area contributed by atoms with Crippen LogP contribution in [0.15, 0.2) is 53.0 Å². The summed E-state index contributed by atoms with van der Waals surface area (Å²) in [6.07, 6.45) is 1.93. The van der Waals surface area contributed by atoms with E-state index in [4.69, 9.17) is 10.6 Å². The van der Waals surface area contributed by atoms with E-state index in [1.807, 2.05) is 0 Å². The van der Waals surface area contributed by atoms with Gasteiger partial charge in [0.25, 0.3) is 5.56 Å². The summed E-state index contributed by atoms with van der Waals surface area (Å²) < 4.78 is 20.0. The molecule has 0 spiro atoms. The predicted octanol–water partition coefficient (Wildman–Crippen LogP) is 2.34. The Bertz CT molecular complexity index is 808. The van der Waals surface area contributed by atoms with E-state index in [9.17, 15) is 9.18 Å². The van der Waals surface area contributed by atoms with Gasteiger partial charge in [-0.1, -0.05) is 18.7 Å². The maximum Gasteiger partial charge on any atom is 0.253 e. The van der Waals surface area contributed by atoms with Crippen molar-refractivity contribution in [3.63, 3.8) is 0 Å². The molecule has 0 bridgehead atoms. The minimum absolute atomic E-state index is 0.128. The van der Waals surface area contributed by atoms with Crippen LogP contribution < -0.4 is 11.4 Å². The third-order valence-electron chi connectivity index (χ3n) is 3.46. The molecule has 1 heterocycles. The van der Waals surface area contributed by atoms with Gasteiger partial charge in [0.05, 0.1) is 6.42 Å². The number of hydrogen-bond acceptors (Lipinski definition) is 4. The maximum absolute atomic E-state index is 12.9. The van der Waals surface area contributed by atoms with Crippen LogP contribution in [0, 0.1) is 12.7 Å². The average Bonchev–Trinajstić information content (AvgIpc) is 2.54. The fourth-order valence-corrected chi connectivity index (χ4v) is 2.14. The Morgan fingerprint density at radius 1 is 1.35 bits per heavy atom.